The fraction of sp³-hybridized carbons (Fsp3) is 0.400. The van der Waals surface area contributed by atoms with Crippen molar-refractivity contribution in [1.29, 1.82) is 0 Å². The summed E-state index contributed by atoms with van der Waals surface area (Å²) < 4.78 is 6.88. The Morgan fingerprint density at radius 2 is 2.00 bits per heavy atom. The van der Waals surface area contributed by atoms with Gasteiger partial charge < -0.3 is 4.42 Å². The Balaban J connectivity index is 2.52. The summed E-state index contributed by atoms with van der Waals surface area (Å²) in [6, 6.07) is 10.0. The lowest BCUT2D eigenvalue weighted by atomic mass is 9.97. The van der Waals surface area contributed by atoms with Crippen molar-refractivity contribution in [2.45, 2.75) is 39.0 Å². The van der Waals surface area contributed by atoms with Crippen LogP contribution in [-0.4, -0.2) is 0 Å². The molecule has 0 aliphatic rings. The second-order valence-electron chi connectivity index (χ2n) is 4.40. The molecule has 1 nitrogen and oxygen atoms in total. The standard InChI is InChI=1S/C15H18OS/c1-3-7-11(4-2)14-10-15(17)12-8-5-6-9-13(12)16-14/h5-6,8-11H,3-4,7H2,1-2H3. The van der Waals surface area contributed by atoms with E-state index in [1.54, 1.807) is 0 Å². The van der Waals surface area contributed by atoms with E-state index in [2.05, 4.69) is 13.8 Å². The van der Waals surface area contributed by atoms with Gasteiger partial charge in [-0.05, 0) is 31.0 Å². The molecule has 90 valence electrons. The molecule has 2 heteroatoms. The van der Waals surface area contributed by atoms with Crippen LogP contribution >= 0.6 is 12.2 Å². The minimum Gasteiger partial charge on any atom is -0.461 e. The van der Waals surface area contributed by atoms with Crippen molar-refractivity contribution in [1.82, 2.24) is 0 Å². The number of benzene rings is 1. The first-order valence-corrected chi connectivity index (χ1v) is 6.69. The Kier molecular flexibility index (Phi) is 3.95. The minimum atomic E-state index is 0.492. The molecule has 1 aromatic heterocycles. The number of hydrogen-bond acceptors (Lipinski definition) is 2. The van der Waals surface area contributed by atoms with E-state index in [1.807, 2.05) is 30.3 Å². The van der Waals surface area contributed by atoms with Gasteiger partial charge in [0.05, 0.1) is 4.51 Å². The maximum Gasteiger partial charge on any atom is 0.135 e. The first kappa shape index (κ1) is 12.3. The third-order valence-corrected chi connectivity index (χ3v) is 3.52. The maximum atomic E-state index is 5.98. The van der Waals surface area contributed by atoms with Gasteiger partial charge in [-0.25, -0.2) is 0 Å². The van der Waals surface area contributed by atoms with Gasteiger partial charge in [-0.15, -0.1) is 0 Å². The monoisotopic (exact) mass is 246 g/mol. The van der Waals surface area contributed by atoms with E-state index in [0.29, 0.717) is 5.92 Å². The van der Waals surface area contributed by atoms with Crippen molar-refractivity contribution in [3.8, 4) is 0 Å². The highest BCUT2D eigenvalue weighted by molar-refractivity contribution is 7.71. The van der Waals surface area contributed by atoms with Crippen LogP contribution in [0, 0.1) is 4.51 Å². The molecule has 0 saturated carbocycles. The van der Waals surface area contributed by atoms with Gasteiger partial charge in [0.15, 0.2) is 0 Å². The van der Waals surface area contributed by atoms with Crippen molar-refractivity contribution >= 4 is 23.2 Å². The van der Waals surface area contributed by atoms with E-state index < -0.39 is 0 Å². The van der Waals surface area contributed by atoms with Crippen molar-refractivity contribution < 1.29 is 4.42 Å². The predicted molar refractivity (Wildman–Crippen MR) is 75.0 cm³/mol. The van der Waals surface area contributed by atoms with Crippen LogP contribution in [-0.2, 0) is 0 Å². The Morgan fingerprint density at radius 1 is 1.24 bits per heavy atom. The summed E-state index contributed by atoms with van der Waals surface area (Å²) in [5, 5.41) is 1.04. The van der Waals surface area contributed by atoms with Crippen LogP contribution in [0.15, 0.2) is 34.7 Å². The lowest BCUT2D eigenvalue weighted by Gasteiger charge is -2.13. The summed E-state index contributed by atoms with van der Waals surface area (Å²) >= 11 is 5.43. The van der Waals surface area contributed by atoms with Crippen LogP contribution in [0.25, 0.3) is 11.0 Å². The molecule has 0 amide bonds. The van der Waals surface area contributed by atoms with Gasteiger partial charge in [-0.1, -0.05) is 44.6 Å². The molecule has 1 atom stereocenters. The molecule has 0 aliphatic heterocycles. The Bertz CT molecular complexity index is 556. The van der Waals surface area contributed by atoms with E-state index >= 15 is 0 Å². The fourth-order valence-corrected chi connectivity index (χ4v) is 2.50. The number of rotatable bonds is 4. The molecular formula is C15H18OS. The number of para-hydroxylation sites is 1. The minimum absolute atomic E-state index is 0.492. The van der Waals surface area contributed by atoms with E-state index in [0.717, 1.165) is 34.1 Å². The molecule has 2 rings (SSSR count). The van der Waals surface area contributed by atoms with Crippen molar-refractivity contribution in [2.75, 3.05) is 0 Å². The zero-order chi connectivity index (χ0) is 12.3. The van der Waals surface area contributed by atoms with Gasteiger partial charge in [0.25, 0.3) is 0 Å². The molecule has 0 fully saturated rings. The lowest BCUT2D eigenvalue weighted by Crippen LogP contribution is -1.97. The van der Waals surface area contributed by atoms with Gasteiger partial charge in [-0.3, -0.25) is 0 Å². The van der Waals surface area contributed by atoms with Gasteiger partial charge in [-0.2, -0.15) is 0 Å². The highest BCUT2D eigenvalue weighted by Gasteiger charge is 2.12. The molecule has 0 bridgehead atoms. The van der Waals surface area contributed by atoms with E-state index in [4.69, 9.17) is 16.6 Å². The van der Waals surface area contributed by atoms with E-state index in [1.165, 1.54) is 6.42 Å². The smallest absolute Gasteiger partial charge is 0.135 e. The zero-order valence-electron chi connectivity index (χ0n) is 10.4. The fourth-order valence-electron chi connectivity index (χ4n) is 2.22. The van der Waals surface area contributed by atoms with Crippen molar-refractivity contribution in [3.63, 3.8) is 0 Å². The highest BCUT2D eigenvalue weighted by atomic mass is 32.1. The molecule has 17 heavy (non-hydrogen) atoms. The molecule has 0 aliphatic carbocycles. The Hall–Kier alpha value is -1.15. The zero-order valence-corrected chi connectivity index (χ0v) is 11.2. The topological polar surface area (TPSA) is 13.1 Å². The number of hydrogen-bond donors (Lipinski definition) is 0. The van der Waals surface area contributed by atoms with E-state index in [-0.39, 0.29) is 0 Å². The van der Waals surface area contributed by atoms with Gasteiger partial charge in [0.1, 0.15) is 11.3 Å². The summed E-state index contributed by atoms with van der Waals surface area (Å²) in [4.78, 5) is 0. The largest absolute Gasteiger partial charge is 0.461 e. The second-order valence-corrected chi connectivity index (χ2v) is 4.84. The first-order valence-electron chi connectivity index (χ1n) is 6.29. The SMILES string of the molecule is CCCC(CC)c1cc(=S)c2ccccc2o1. The van der Waals surface area contributed by atoms with Crippen LogP contribution in [0.5, 0.6) is 0 Å². The molecule has 0 N–H and O–H groups in total. The molecule has 1 heterocycles. The Morgan fingerprint density at radius 3 is 2.71 bits per heavy atom. The average Bonchev–Trinajstić information content (AvgIpc) is 2.36. The molecule has 2 aromatic rings. The lowest BCUT2D eigenvalue weighted by molar-refractivity contribution is 0.450. The first-order chi connectivity index (χ1) is 8.26. The average molecular weight is 246 g/mol. The van der Waals surface area contributed by atoms with E-state index in [9.17, 15) is 0 Å². The third kappa shape index (κ3) is 2.58. The summed E-state index contributed by atoms with van der Waals surface area (Å²) in [5.74, 6) is 1.53. The van der Waals surface area contributed by atoms with Gasteiger partial charge >= 0.3 is 0 Å². The van der Waals surface area contributed by atoms with Crippen LogP contribution in [0.2, 0.25) is 0 Å². The van der Waals surface area contributed by atoms with Crippen LogP contribution in [0.3, 0.4) is 0 Å². The molecule has 1 aromatic carbocycles. The van der Waals surface area contributed by atoms with Crippen LogP contribution in [0.4, 0.5) is 0 Å². The Labute approximate surface area is 107 Å². The van der Waals surface area contributed by atoms with Crippen molar-refractivity contribution in [2.24, 2.45) is 0 Å². The van der Waals surface area contributed by atoms with Gasteiger partial charge in [0.2, 0.25) is 0 Å². The highest BCUT2D eigenvalue weighted by Crippen LogP contribution is 2.28. The van der Waals surface area contributed by atoms with Crippen molar-refractivity contribution in [3.05, 3.63) is 40.6 Å². The maximum absolute atomic E-state index is 5.98. The molecular weight excluding hydrogens is 228 g/mol. The second kappa shape index (κ2) is 5.46. The quantitative estimate of drug-likeness (QED) is 0.665. The summed E-state index contributed by atoms with van der Waals surface area (Å²) in [6.45, 7) is 4.41. The normalized spacial score (nSPS) is 12.8. The predicted octanol–water partition coefficient (Wildman–Crippen LogP) is 5.46. The molecule has 0 saturated heterocycles. The molecule has 0 spiro atoms. The third-order valence-electron chi connectivity index (χ3n) is 3.19. The van der Waals surface area contributed by atoms with Gasteiger partial charge in [0, 0.05) is 11.3 Å². The molecule has 1 unspecified atom stereocenters. The summed E-state index contributed by atoms with van der Waals surface area (Å²) in [5.41, 5.74) is 0.907. The van der Waals surface area contributed by atoms with Crippen LogP contribution < -0.4 is 0 Å². The summed E-state index contributed by atoms with van der Waals surface area (Å²) in [7, 11) is 0. The molecule has 0 radical (unpaired) electrons. The number of fused-ring (bicyclic) bond motifs is 1. The summed E-state index contributed by atoms with van der Waals surface area (Å²) in [6.07, 6.45) is 3.44. The van der Waals surface area contributed by atoms with Crippen LogP contribution in [0.1, 0.15) is 44.8 Å².